The van der Waals surface area contributed by atoms with Gasteiger partial charge in [-0.25, -0.2) is 9.97 Å². The van der Waals surface area contributed by atoms with E-state index in [4.69, 9.17) is 32.7 Å². The van der Waals surface area contributed by atoms with Crippen molar-refractivity contribution in [3.63, 3.8) is 0 Å². The summed E-state index contributed by atoms with van der Waals surface area (Å²) in [5, 5.41) is 0.542. The summed E-state index contributed by atoms with van der Waals surface area (Å²) >= 11 is 12.5. The van der Waals surface area contributed by atoms with Crippen molar-refractivity contribution in [3.8, 4) is 0 Å². The molecule has 1 aliphatic heterocycles. The molecule has 0 bridgehead atoms. The summed E-state index contributed by atoms with van der Waals surface area (Å²) in [6.45, 7) is 3.31. The number of fused-ring (bicyclic) bond motifs is 1. The molecule has 1 fully saturated rings. The van der Waals surface area contributed by atoms with E-state index < -0.39 is 11.2 Å². The van der Waals surface area contributed by atoms with Gasteiger partial charge in [0.2, 0.25) is 5.28 Å². The van der Waals surface area contributed by atoms with Crippen LogP contribution in [0.2, 0.25) is 10.4 Å². The van der Waals surface area contributed by atoms with Gasteiger partial charge in [0, 0.05) is 23.8 Å². The fourth-order valence-corrected chi connectivity index (χ4v) is 4.19. The smallest absolute Gasteiger partial charge is 0.224 e. The van der Waals surface area contributed by atoms with E-state index in [1.54, 1.807) is 0 Å². The van der Waals surface area contributed by atoms with E-state index >= 15 is 0 Å². The molecule has 1 unspecified atom stereocenters. The first-order valence-corrected chi connectivity index (χ1v) is 8.34. The van der Waals surface area contributed by atoms with Gasteiger partial charge in [-0.05, 0) is 24.1 Å². The lowest BCUT2D eigenvalue weighted by Gasteiger charge is -2.43. The molecule has 0 N–H and O–H groups in total. The van der Waals surface area contributed by atoms with Gasteiger partial charge < -0.3 is 9.47 Å². The Kier molecular flexibility index (Phi) is 3.61. The van der Waals surface area contributed by atoms with E-state index in [9.17, 15) is 0 Å². The Hall–Kier alpha value is -1.20. The Bertz CT molecular complexity index is 748. The molecule has 4 nitrogen and oxygen atoms in total. The van der Waals surface area contributed by atoms with Crippen molar-refractivity contribution in [1.82, 2.24) is 9.97 Å². The van der Waals surface area contributed by atoms with Crippen LogP contribution in [0.5, 0.6) is 0 Å². The van der Waals surface area contributed by atoms with E-state index in [2.05, 4.69) is 29.0 Å². The maximum absolute atomic E-state index is 6.38. The zero-order chi connectivity index (χ0) is 16.1. The van der Waals surface area contributed by atoms with Gasteiger partial charge in [-0.3, -0.25) is 0 Å². The number of aromatic nitrogens is 2. The van der Waals surface area contributed by atoms with Crippen molar-refractivity contribution in [2.75, 3.05) is 13.2 Å². The van der Waals surface area contributed by atoms with Crippen molar-refractivity contribution in [1.29, 1.82) is 0 Å². The van der Waals surface area contributed by atoms with E-state index in [0.717, 1.165) is 16.8 Å². The number of hydrogen-bond acceptors (Lipinski definition) is 4. The quantitative estimate of drug-likeness (QED) is 0.579. The Balaban J connectivity index is 1.95. The minimum absolute atomic E-state index is 0.167. The molecule has 1 aromatic heterocycles. The summed E-state index contributed by atoms with van der Waals surface area (Å²) < 4.78 is 11.9. The average molecular weight is 351 g/mol. The highest BCUT2D eigenvalue weighted by Crippen LogP contribution is 2.49. The maximum atomic E-state index is 6.38. The van der Waals surface area contributed by atoms with Gasteiger partial charge in [0.1, 0.15) is 5.15 Å². The van der Waals surface area contributed by atoms with Crippen LogP contribution in [0.1, 0.15) is 30.2 Å². The van der Waals surface area contributed by atoms with Crippen molar-refractivity contribution in [2.45, 2.75) is 31.0 Å². The molecule has 2 heterocycles. The zero-order valence-corrected chi connectivity index (χ0v) is 14.2. The SMILES string of the molecule is CC1(c2ccccc2)CC2(Cc3c(Cl)nc(Cl)nc31)OCCO2. The highest BCUT2D eigenvalue weighted by atomic mass is 35.5. The van der Waals surface area contributed by atoms with Crippen LogP contribution in [-0.2, 0) is 21.3 Å². The predicted molar refractivity (Wildman–Crippen MR) is 87.9 cm³/mol. The molecule has 1 saturated heterocycles. The van der Waals surface area contributed by atoms with Crippen LogP contribution in [0.3, 0.4) is 0 Å². The second-order valence-corrected chi connectivity index (χ2v) is 6.97. The first-order chi connectivity index (χ1) is 11.0. The van der Waals surface area contributed by atoms with Crippen molar-refractivity contribution < 1.29 is 9.47 Å². The molecule has 0 radical (unpaired) electrons. The van der Waals surface area contributed by atoms with Gasteiger partial charge in [0.25, 0.3) is 0 Å². The molecule has 1 atom stereocenters. The lowest BCUT2D eigenvalue weighted by Crippen LogP contribution is -2.47. The fourth-order valence-electron chi connectivity index (χ4n) is 3.74. The summed E-state index contributed by atoms with van der Waals surface area (Å²) in [7, 11) is 0. The Morgan fingerprint density at radius 3 is 2.43 bits per heavy atom. The topological polar surface area (TPSA) is 44.2 Å². The largest absolute Gasteiger partial charge is 0.347 e. The number of nitrogens with zero attached hydrogens (tertiary/aromatic N) is 2. The van der Waals surface area contributed by atoms with Gasteiger partial charge in [0.15, 0.2) is 5.79 Å². The second-order valence-electron chi connectivity index (χ2n) is 6.27. The lowest BCUT2D eigenvalue weighted by atomic mass is 9.68. The standard InChI is InChI=1S/C17H16Cl2N2O2/c1-16(11-5-3-2-4-6-11)10-17(22-7-8-23-17)9-12-13(16)20-15(19)21-14(12)18/h2-6H,7-10H2,1H3. The molecule has 6 heteroatoms. The number of hydrogen-bond donors (Lipinski definition) is 0. The third-order valence-electron chi connectivity index (χ3n) is 4.75. The van der Waals surface area contributed by atoms with Gasteiger partial charge >= 0.3 is 0 Å². The molecule has 120 valence electrons. The molecule has 1 aliphatic carbocycles. The van der Waals surface area contributed by atoms with Crippen LogP contribution in [0.25, 0.3) is 0 Å². The van der Waals surface area contributed by atoms with Crippen LogP contribution >= 0.6 is 23.2 Å². The average Bonchev–Trinajstić information content (AvgIpc) is 2.97. The molecule has 4 rings (SSSR count). The molecule has 0 amide bonds. The Morgan fingerprint density at radius 1 is 1.04 bits per heavy atom. The summed E-state index contributed by atoms with van der Waals surface area (Å²) in [4.78, 5) is 8.63. The minimum Gasteiger partial charge on any atom is -0.347 e. The van der Waals surface area contributed by atoms with Crippen LogP contribution in [-0.4, -0.2) is 29.0 Å². The van der Waals surface area contributed by atoms with Gasteiger partial charge in [-0.2, -0.15) is 0 Å². The maximum Gasteiger partial charge on any atom is 0.224 e. The molecular formula is C17H16Cl2N2O2. The van der Waals surface area contributed by atoms with E-state index in [-0.39, 0.29) is 5.28 Å². The predicted octanol–water partition coefficient (Wildman–Crippen LogP) is 3.78. The molecule has 2 aromatic rings. The van der Waals surface area contributed by atoms with E-state index in [0.29, 0.717) is 31.2 Å². The summed E-state index contributed by atoms with van der Waals surface area (Å²) in [5.41, 5.74) is 2.44. The Labute approximate surface area is 144 Å². The van der Waals surface area contributed by atoms with Gasteiger partial charge in [-0.1, -0.05) is 41.9 Å². The third-order valence-corrected chi connectivity index (χ3v) is 5.23. The minimum atomic E-state index is -0.668. The third kappa shape index (κ3) is 2.45. The van der Waals surface area contributed by atoms with Crippen molar-refractivity contribution in [2.24, 2.45) is 0 Å². The second kappa shape index (κ2) is 5.42. The lowest BCUT2D eigenvalue weighted by molar-refractivity contribution is -0.173. The van der Waals surface area contributed by atoms with Crippen molar-refractivity contribution in [3.05, 3.63) is 57.6 Å². The summed E-state index contributed by atoms with van der Waals surface area (Å²) in [6.07, 6.45) is 1.21. The first kappa shape index (κ1) is 15.3. The monoisotopic (exact) mass is 350 g/mol. The Morgan fingerprint density at radius 2 is 1.74 bits per heavy atom. The highest BCUT2D eigenvalue weighted by Gasteiger charge is 2.51. The number of halogens is 2. The number of rotatable bonds is 1. The highest BCUT2D eigenvalue weighted by molar-refractivity contribution is 6.32. The summed E-state index contributed by atoms with van der Waals surface area (Å²) in [5.74, 6) is -0.668. The molecular weight excluding hydrogens is 335 g/mol. The van der Waals surface area contributed by atoms with Crippen LogP contribution in [0.15, 0.2) is 30.3 Å². The van der Waals surface area contributed by atoms with Crippen LogP contribution in [0, 0.1) is 0 Å². The molecule has 0 saturated carbocycles. The van der Waals surface area contributed by atoms with Crippen LogP contribution < -0.4 is 0 Å². The molecule has 23 heavy (non-hydrogen) atoms. The van der Waals surface area contributed by atoms with Gasteiger partial charge in [-0.15, -0.1) is 0 Å². The summed E-state index contributed by atoms with van der Waals surface area (Å²) in [6, 6.07) is 10.2. The molecule has 2 aliphatic rings. The normalized spacial score (nSPS) is 25.5. The molecule has 1 aromatic carbocycles. The van der Waals surface area contributed by atoms with Crippen LogP contribution in [0.4, 0.5) is 0 Å². The van der Waals surface area contributed by atoms with Crippen molar-refractivity contribution >= 4 is 23.2 Å². The molecule has 1 spiro atoms. The van der Waals surface area contributed by atoms with E-state index in [1.165, 1.54) is 0 Å². The van der Waals surface area contributed by atoms with E-state index in [1.807, 2.05) is 18.2 Å². The fraction of sp³-hybridized carbons (Fsp3) is 0.412. The number of ether oxygens (including phenoxy) is 2. The van der Waals surface area contributed by atoms with Gasteiger partial charge in [0.05, 0.1) is 18.9 Å². The zero-order valence-electron chi connectivity index (χ0n) is 12.7. The first-order valence-electron chi connectivity index (χ1n) is 7.58. The number of benzene rings is 1.